The van der Waals surface area contributed by atoms with Gasteiger partial charge >= 0.3 is 11.9 Å². The Kier molecular flexibility index (Phi) is 6.14. The molecule has 2 unspecified atom stereocenters. The molecule has 0 radical (unpaired) electrons. The van der Waals surface area contributed by atoms with Crippen LogP contribution in [0.3, 0.4) is 0 Å². The van der Waals surface area contributed by atoms with Gasteiger partial charge in [-0.3, -0.25) is 14.4 Å². The lowest BCUT2D eigenvalue weighted by Crippen LogP contribution is -2.35. The molecule has 0 saturated carbocycles. The van der Waals surface area contributed by atoms with E-state index < -0.39 is 42.1 Å². The van der Waals surface area contributed by atoms with Gasteiger partial charge in [0.15, 0.2) is 5.78 Å². The minimum absolute atomic E-state index is 0.109. The Bertz CT molecular complexity index is 589. The fraction of sp³-hybridized carbons (Fsp3) is 0.357. The Labute approximate surface area is 125 Å². The zero-order valence-corrected chi connectivity index (χ0v) is 11.5. The van der Waals surface area contributed by atoms with Crippen LogP contribution in [-0.4, -0.2) is 45.7 Å². The third-order valence-corrected chi connectivity index (χ3v) is 3.16. The van der Waals surface area contributed by atoms with E-state index in [-0.39, 0.29) is 18.4 Å². The van der Waals surface area contributed by atoms with Crippen molar-refractivity contribution in [2.24, 2.45) is 11.7 Å². The number of ketones is 1. The van der Waals surface area contributed by atoms with Gasteiger partial charge in [-0.1, -0.05) is 6.07 Å². The summed E-state index contributed by atoms with van der Waals surface area (Å²) < 4.78 is 13.5. The van der Waals surface area contributed by atoms with Crippen LogP contribution >= 0.6 is 0 Å². The monoisotopic (exact) mass is 313 g/mol. The minimum Gasteiger partial charge on any atom is -0.481 e. The van der Waals surface area contributed by atoms with Gasteiger partial charge in [0.05, 0.1) is 11.5 Å². The molecule has 120 valence electrons. The number of halogens is 1. The summed E-state index contributed by atoms with van der Waals surface area (Å²) in [5, 5.41) is 26.6. The normalized spacial score (nSPS) is 13.4. The summed E-state index contributed by atoms with van der Waals surface area (Å²) in [4.78, 5) is 33.2. The number of benzene rings is 1. The Balaban J connectivity index is 2.97. The van der Waals surface area contributed by atoms with E-state index in [1.165, 1.54) is 6.07 Å². The van der Waals surface area contributed by atoms with E-state index in [2.05, 4.69) is 0 Å². The number of rotatable bonds is 8. The van der Waals surface area contributed by atoms with E-state index >= 15 is 0 Å². The average Bonchev–Trinajstić information content (AvgIpc) is 2.47. The highest BCUT2D eigenvalue weighted by Gasteiger charge is 2.25. The van der Waals surface area contributed by atoms with Gasteiger partial charge in [0, 0.05) is 0 Å². The Morgan fingerprint density at radius 3 is 2.32 bits per heavy atom. The van der Waals surface area contributed by atoms with E-state index in [1.54, 1.807) is 0 Å². The second-order valence-electron chi connectivity index (χ2n) is 4.82. The maximum atomic E-state index is 13.5. The van der Waals surface area contributed by atoms with Crippen molar-refractivity contribution in [3.8, 4) is 0 Å². The number of carbonyl (C=O) groups excluding carboxylic acids is 1. The van der Waals surface area contributed by atoms with Crippen molar-refractivity contribution in [1.29, 1.82) is 0 Å². The average molecular weight is 313 g/mol. The van der Waals surface area contributed by atoms with Gasteiger partial charge in [0.1, 0.15) is 18.5 Å². The molecular weight excluding hydrogens is 297 g/mol. The van der Waals surface area contributed by atoms with Crippen molar-refractivity contribution >= 4 is 17.7 Å². The standard InChI is InChI=1S/C14H16FNO6/c15-10-2-1-7(4-9(10)12(18)6-17)3-8(13(19)20)5-11(16)14(21)22/h1-2,4,8,11,17H,3,5-6,16H2,(H,19,20)(H,21,22). The molecule has 22 heavy (non-hydrogen) atoms. The summed E-state index contributed by atoms with van der Waals surface area (Å²) in [6.07, 6.45) is -0.409. The molecule has 0 aliphatic heterocycles. The predicted octanol–water partition coefficient (Wildman–Crippen LogP) is 0.0460. The number of aliphatic carboxylic acids is 2. The number of aliphatic hydroxyl groups is 1. The summed E-state index contributed by atoms with van der Waals surface area (Å²) in [7, 11) is 0. The first kappa shape index (κ1) is 17.7. The van der Waals surface area contributed by atoms with Crippen LogP contribution in [0.15, 0.2) is 18.2 Å². The van der Waals surface area contributed by atoms with Crippen LogP contribution in [0, 0.1) is 11.7 Å². The first-order valence-corrected chi connectivity index (χ1v) is 6.40. The van der Waals surface area contributed by atoms with Gasteiger partial charge in [0.25, 0.3) is 0 Å². The third-order valence-electron chi connectivity index (χ3n) is 3.16. The molecule has 0 spiro atoms. The van der Waals surface area contributed by atoms with E-state index in [0.717, 1.165) is 12.1 Å². The number of hydrogen-bond acceptors (Lipinski definition) is 5. The molecule has 8 heteroatoms. The molecule has 1 rings (SSSR count). The van der Waals surface area contributed by atoms with Crippen molar-refractivity contribution in [3.63, 3.8) is 0 Å². The van der Waals surface area contributed by atoms with E-state index in [0.29, 0.717) is 5.56 Å². The lowest BCUT2D eigenvalue weighted by atomic mass is 9.92. The fourth-order valence-electron chi connectivity index (χ4n) is 1.96. The summed E-state index contributed by atoms with van der Waals surface area (Å²) >= 11 is 0. The van der Waals surface area contributed by atoms with E-state index in [9.17, 15) is 18.8 Å². The molecule has 5 N–H and O–H groups in total. The van der Waals surface area contributed by atoms with Gasteiger partial charge in [-0.05, 0) is 30.5 Å². The zero-order valence-electron chi connectivity index (χ0n) is 11.5. The van der Waals surface area contributed by atoms with Crippen LogP contribution in [0.1, 0.15) is 22.3 Å². The van der Waals surface area contributed by atoms with Crippen molar-refractivity contribution in [1.82, 2.24) is 0 Å². The second kappa shape index (κ2) is 7.62. The minimum atomic E-state index is -1.33. The summed E-state index contributed by atoms with van der Waals surface area (Å²) in [5.74, 6) is -5.29. The van der Waals surface area contributed by atoms with Crippen LogP contribution in [0.4, 0.5) is 4.39 Å². The van der Waals surface area contributed by atoms with E-state index in [4.69, 9.17) is 21.1 Å². The van der Waals surface area contributed by atoms with Crippen LogP contribution in [-0.2, 0) is 16.0 Å². The molecule has 0 aliphatic rings. The van der Waals surface area contributed by atoms with Gasteiger partial charge < -0.3 is 21.1 Å². The number of carboxylic acids is 2. The lowest BCUT2D eigenvalue weighted by molar-refractivity contribution is -0.143. The van der Waals surface area contributed by atoms with Gasteiger partial charge in [0.2, 0.25) is 0 Å². The first-order valence-electron chi connectivity index (χ1n) is 6.40. The molecule has 0 bridgehead atoms. The molecule has 0 heterocycles. The maximum absolute atomic E-state index is 13.5. The number of Topliss-reactive ketones (excluding diaryl/α,β-unsaturated/α-hetero) is 1. The predicted molar refractivity (Wildman–Crippen MR) is 72.9 cm³/mol. The smallest absolute Gasteiger partial charge is 0.320 e. The molecule has 0 fully saturated rings. The van der Waals surface area contributed by atoms with Gasteiger partial charge in [-0.15, -0.1) is 0 Å². The lowest BCUT2D eigenvalue weighted by Gasteiger charge is -2.15. The van der Waals surface area contributed by atoms with Crippen LogP contribution < -0.4 is 5.73 Å². The highest BCUT2D eigenvalue weighted by Crippen LogP contribution is 2.18. The Morgan fingerprint density at radius 1 is 1.18 bits per heavy atom. The fourth-order valence-corrected chi connectivity index (χ4v) is 1.96. The number of aliphatic hydroxyl groups excluding tert-OH is 1. The SMILES string of the molecule is NC(CC(Cc1ccc(F)c(C(=O)CO)c1)C(=O)O)C(=O)O. The van der Waals surface area contributed by atoms with Crippen molar-refractivity contribution in [2.45, 2.75) is 18.9 Å². The quantitative estimate of drug-likeness (QED) is 0.497. The number of carboxylic acid groups (broad SMARTS) is 2. The Morgan fingerprint density at radius 2 is 1.82 bits per heavy atom. The topological polar surface area (TPSA) is 138 Å². The number of nitrogens with two attached hydrogens (primary N) is 1. The first-order chi connectivity index (χ1) is 10.3. The molecule has 2 atom stereocenters. The summed E-state index contributed by atoms with van der Waals surface area (Å²) in [6.45, 7) is -0.868. The highest BCUT2D eigenvalue weighted by atomic mass is 19.1. The Hall–Kier alpha value is -2.32. The highest BCUT2D eigenvalue weighted by molar-refractivity contribution is 5.97. The molecule has 1 aromatic rings. The summed E-state index contributed by atoms with van der Waals surface area (Å²) in [6, 6.07) is 2.11. The van der Waals surface area contributed by atoms with Crippen molar-refractivity contribution < 1.29 is 34.1 Å². The van der Waals surface area contributed by atoms with Crippen LogP contribution in [0.2, 0.25) is 0 Å². The van der Waals surface area contributed by atoms with Crippen LogP contribution in [0.5, 0.6) is 0 Å². The molecule has 0 aliphatic carbocycles. The van der Waals surface area contributed by atoms with Crippen molar-refractivity contribution in [2.75, 3.05) is 6.61 Å². The third kappa shape index (κ3) is 4.61. The second-order valence-corrected chi connectivity index (χ2v) is 4.82. The maximum Gasteiger partial charge on any atom is 0.320 e. The molecule has 0 saturated heterocycles. The zero-order chi connectivity index (χ0) is 16.9. The van der Waals surface area contributed by atoms with Crippen molar-refractivity contribution in [3.05, 3.63) is 35.1 Å². The molecule has 0 aromatic heterocycles. The number of hydrogen-bond donors (Lipinski definition) is 4. The summed E-state index contributed by atoms with van der Waals surface area (Å²) in [5.41, 5.74) is 5.32. The van der Waals surface area contributed by atoms with Gasteiger partial charge in [-0.2, -0.15) is 0 Å². The molecule has 7 nitrogen and oxygen atoms in total. The molecule has 0 amide bonds. The van der Waals surface area contributed by atoms with Crippen LogP contribution in [0.25, 0.3) is 0 Å². The molecular formula is C14H16FNO6. The van der Waals surface area contributed by atoms with E-state index in [1.807, 2.05) is 0 Å². The molecule has 1 aromatic carbocycles. The number of carbonyl (C=O) groups is 3. The van der Waals surface area contributed by atoms with Gasteiger partial charge in [-0.25, -0.2) is 4.39 Å². The largest absolute Gasteiger partial charge is 0.481 e.